The molecule has 0 bridgehead atoms. The molecule has 57 heavy (non-hydrogen) atoms. The Morgan fingerprint density at radius 2 is 1.60 bits per heavy atom. The van der Waals surface area contributed by atoms with E-state index in [9.17, 15) is 54.2 Å². The minimum absolute atomic E-state index is 0.0140. The number of hydrazone groups is 2. The van der Waals surface area contributed by atoms with Crippen LogP contribution in [0.3, 0.4) is 0 Å². The molecule has 318 valence electrons. The van der Waals surface area contributed by atoms with Gasteiger partial charge >= 0.3 is 5.97 Å². The number of hydroxylamine groups is 4. The second-order valence-electron chi connectivity index (χ2n) is 14.9. The van der Waals surface area contributed by atoms with Gasteiger partial charge in [-0.05, 0) is 58.8 Å². The van der Waals surface area contributed by atoms with Crippen molar-refractivity contribution < 1.29 is 68.4 Å². The molecule has 0 saturated carbocycles. The average molecular weight is 812 g/mol. The third-order valence-electron chi connectivity index (χ3n) is 10.5. The van der Waals surface area contributed by atoms with Crippen LogP contribution in [0.2, 0.25) is 0 Å². The Hall–Kier alpha value is -4.65. The molecule has 4 rings (SSSR count). The summed E-state index contributed by atoms with van der Waals surface area (Å²) in [5.74, 6) is -11.7. The van der Waals surface area contributed by atoms with Crippen LogP contribution in [0.25, 0.3) is 0 Å². The number of methoxy groups -OCH3 is 1. The quantitative estimate of drug-likeness (QED) is 0.103. The SMILES string of the molecule is COCC1C(=O)NCC(=O)N2N=CCCC2C(=O)N(O)C(C)C(=O)OC(C(C)C)C(NC(=O)C(C)(O)C2(O)CCC(N)C(C)O2)C(=O)N2N=CCCC2C(=O)N1O. The minimum atomic E-state index is -2.78. The van der Waals surface area contributed by atoms with Crippen LogP contribution in [0.4, 0.5) is 0 Å². The number of hydrogen-bond acceptors (Lipinski definition) is 17. The van der Waals surface area contributed by atoms with Gasteiger partial charge in [0, 0.05) is 32.0 Å². The lowest BCUT2D eigenvalue weighted by Crippen LogP contribution is -2.69. The van der Waals surface area contributed by atoms with Crippen LogP contribution >= 0.6 is 0 Å². The van der Waals surface area contributed by atoms with Gasteiger partial charge in [0.15, 0.2) is 17.7 Å². The van der Waals surface area contributed by atoms with E-state index in [-0.39, 0.29) is 48.7 Å². The molecule has 0 aliphatic carbocycles. The number of nitrogens with zero attached hydrogens (tertiary/aromatic N) is 6. The minimum Gasteiger partial charge on any atom is -0.458 e. The topological polar surface area (TPSA) is 316 Å². The molecule has 2 saturated heterocycles. The van der Waals surface area contributed by atoms with Gasteiger partial charge in [0.2, 0.25) is 11.7 Å². The van der Waals surface area contributed by atoms with Crippen molar-refractivity contribution in [2.45, 2.75) is 133 Å². The van der Waals surface area contributed by atoms with Crippen molar-refractivity contribution in [1.82, 2.24) is 30.8 Å². The fourth-order valence-corrected chi connectivity index (χ4v) is 6.71. The van der Waals surface area contributed by atoms with Gasteiger partial charge in [0.1, 0.15) is 24.2 Å². The smallest absolute Gasteiger partial charge is 0.331 e. The highest BCUT2D eigenvalue weighted by molar-refractivity contribution is 5.97. The molecule has 0 aromatic heterocycles. The van der Waals surface area contributed by atoms with Crippen LogP contribution in [0, 0.1) is 5.92 Å². The molecule has 4 heterocycles. The van der Waals surface area contributed by atoms with Gasteiger partial charge in [-0.25, -0.2) is 24.9 Å². The van der Waals surface area contributed by atoms with Gasteiger partial charge in [0.25, 0.3) is 29.5 Å². The first-order chi connectivity index (χ1) is 26.7. The molecular formula is C34H53N9O14. The number of ether oxygens (including phenoxy) is 3. The number of nitrogens with two attached hydrogens (primary N) is 1. The lowest BCUT2D eigenvalue weighted by atomic mass is 9.84. The lowest BCUT2D eigenvalue weighted by Gasteiger charge is -2.46. The summed E-state index contributed by atoms with van der Waals surface area (Å²) in [6.45, 7) is 5.14. The maximum absolute atomic E-state index is 14.7. The molecular weight excluding hydrogens is 758 g/mol. The highest BCUT2D eigenvalue weighted by Crippen LogP contribution is 2.36. The number of nitrogens with one attached hydrogen (secondary N) is 2. The fourth-order valence-electron chi connectivity index (χ4n) is 6.71. The predicted molar refractivity (Wildman–Crippen MR) is 192 cm³/mol. The van der Waals surface area contributed by atoms with Crippen LogP contribution in [-0.2, 0) is 47.8 Å². The molecule has 0 aromatic carbocycles. The van der Waals surface area contributed by atoms with Crippen molar-refractivity contribution in [3.05, 3.63) is 0 Å². The van der Waals surface area contributed by atoms with E-state index < -0.39 is 120 Å². The summed E-state index contributed by atoms with van der Waals surface area (Å²) in [6, 6.07) is -9.24. The van der Waals surface area contributed by atoms with E-state index >= 15 is 0 Å². The molecule has 0 radical (unpaired) electrons. The molecule has 0 spiro atoms. The maximum atomic E-state index is 14.7. The van der Waals surface area contributed by atoms with Gasteiger partial charge in [-0.2, -0.15) is 10.2 Å². The number of cyclic esters (lactones) is 1. The summed E-state index contributed by atoms with van der Waals surface area (Å²) >= 11 is 0. The van der Waals surface area contributed by atoms with E-state index in [2.05, 4.69) is 20.8 Å². The third-order valence-corrected chi connectivity index (χ3v) is 10.5. The Morgan fingerprint density at radius 1 is 1.02 bits per heavy atom. The van der Waals surface area contributed by atoms with Crippen LogP contribution in [0.15, 0.2) is 10.2 Å². The molecule has 2 fully saturated rings. The van der Waals surface area contributed by atoms with E-state index in [1.165, 1.54) is 40.3 Å². The first-order valence-electron chi connectivity index (χ1n) is 18.6. The molecule has 0 aromatic rings. The third kappa shape index (κ3) is 9.40. The number of carbonyl (C=O) groups is 7. The van der Waals surface area contributed by atoms with Crippen LogP contribution < -0.4 is 16.4 Å². The normalized spacial score (nSPS) is 33.8. The average Bonchev–Trinajstić information content (AvgIpc) is 3.19. The summed E-state index contributed by atoms with van der Waals surface area (Å²) in [5, 5.41) is 59.1. The van der Waals surface area contributed by atoms with Gasteiger partial charge < -0.3 is 40.8 Å². The fraction of sp³-hybridized carbons (Fsp3) is 0.735. The molecule has 23 nitrogen and oxygen atoms in total. The van der Waals surface area contributed by atoms with Crippen LogP contribution in [-0.4, -0.2) is 175 Å². The van der Waals surface area contributed by atoms with E-state index in [1.807, 2.05) is 0 Å². The predicted octanol–water partition coefficient (Wildman–Crippen LogP) is -3.07. The Balaban J connectivity index is 1.82. The molecule has 6 amide bonds. The van der Waals surface area contributed by atoms with E-state index in [1.54, 1.807) is 0 Å². The van der Waals surface area contributed by atoms with Crippen LogP contribution in [0.5, 0.6) is 0 Å². The van der Waals surface area contributed by atoms with Crippen molar-refractivity contribution in [1.29, 1.82) is 0 Å². The maximum Gasteiger partial charge on any atom is 0.331 e. The lowest BCUT2D eigenvalue weighted by molar-refractivity contribution is -0.318. The molecule has 10 atom stereocenters. The zero-order valence-electron chi connectivity index (χ0n) is 32.6. The molecule has 23 heteroatoms. The van der Waals surface area contributed by atoms with Gasteiger partial charge in [-0.1, -0.05) is 13.8 Å². The highest BCUT2D eigenvalue weighted by atomic mass is 16.6. The largest absolute Gasteiger partial charge is 0.458 e. The first kappa shape index (κ1) is 45.1. The molecule has 4 aliphatic rings. The summed E-state index contributed by atoms with van der Waals surface area (Å²) < 4.78 is 16.4. The molecule has 4 aliphatic heterocycles. The Bertz CT molecular complexity index is 1630. The number of esters is 1. The highest BCUT2D eigenvalue weighted by Gasteiger charge is 2.57. The molecule has 10 unspecified atom stereocenters. The number of rotatable bonds is 6. The van der Waals surface area contributed by atoms with Crippen LogP contribution in [0.1, 0.15) is 73.1 Å². The zero-order chi connectivity index (χ0) is 42.6. The van der Waals surface area contributed by atoms with Crippen molar-refractivity contribution in [3.63, 3.8) is 0 Å². The van der Waals surface area contributed by atoms with E-state index in [4.69, 9.17) is 19.9 Å². The standard InChI is InChI=1S/C34H53N9O14/c1-17(2)26-25(39-32(50)33(5,51)34(52)12-11-20(35)19(4)57-34)30(48)41-22(10-8-14-38-41)29(47)43(54)23(16-55-6)27(45)36-15-24(44)40-21(9-7-13-37-40)28(46)42(53)18(3)31(49)56-26/h13-14,17-23,25-26,51-54H,7-12,15-16,35H2,1-6H3,(H,36,45)(H,39,50). The molecule has 8 N–H and O–H groups in total. The van der Waals surface area contributed by atoms with Crippen molar-refractivity contribution in [2.75, 3.05) is 20.3 Å². The van der Waals surface area contributed by atoms with Gasteiger partial charge in [-0.3, -0.25) is 39.2 Å². The second kappa shape index (κ2) is 18.3. The Morgan fingerprint density at radius 3 is 2.18 bits per heavy atom. The second-order valence-corrected chi connectivity index (χ2v) is 14.9. The van der Waals surface area contributed by atoms with Gasteiger partial charge in [-0.15, -0.1) is 0 Å². The number of fused-ring (bicyclic) bond motifs is 2. The summed E-state index contributed by atoms with van der Waals surface area (Å²) in [6.07, 6.45) is -0.0478. The summed E-state index contributed by atoms with van der Waals surface area (Å²) in [5.41, 5.74) is 3.22. The number of carbonyl (C=O) groups excluding carboxylic acids is 7. The zero-order valence-corrected chi connectivity index (χ0v) is 32.6. The Kier molecular flexibility index (Phi) is 14.5. The van der Waals surface area contributed by atoms with Crippen molar-refractivity contribution in [3.8, 4) is 0 Å². The van der Waals surface area contributed by atoms with Crippen molar-refractivity contribution >= 4 is 53.8 Å². The van der Waals surface area contributed by atoms with Crippen molar-refractivity contribution in [2.24, 2.45) is 21.9 Å². The number of hydrogen-bond donors (Lipinski definition) is 7. The Labute approximate surface area is 328 Å². The van der Waals surface area contributed by atoms with E-state index in [0.717, 1.165) is 13.8 Å². The first-order valence-corrected chi connectivity index (χ1v) is 18.6. The summed E-state index contributed by atoms with van der Waals surface area (Å²) in [7, 11) is 1.17. The number of aliphatic hydroxyl groups is 2. The van der Waals surface area contributed by atoms with Gasteiger partial charge in [0.05, 0.1) is 19.3 Å². The van der Waals surface area contributed by atoms with E-state index in [0.29, 0.717) is 10.0 Å². The number of amides is 6. The monoisotopic (exact) mass is 811 g/mol. The summed E-state index contributed by atoms with van der Waals surface area (Å²) in [4.78, 5) is 96.6.